The molecule has 3 nitrogen and oxygen atoms in total. The van der Waals surface area contributed by atoms with Crippen molar-refractivity contribution in [2.24, 2.45) is 0 Å². The maximum absolute atomic E-state index is 5.44. The highest BCUT2D eigenvalue weighted by molar-refractivity contribution is 5.62. The fourth-order valence-electron chi connectivity index (χ4n) is 1.65. The normalized spacial score (nSPS) is 13.7. The van der Waals surface area contributed by atoms with Crippen LogP contribution in [0.15, 0.2) is 17.9 Å². The zero-order chi connectivity index (χ0) is 10.8. The zero-order valence-electron chi connectivity index (χ0n) is 9.16. The van der Waals surface area contributed by atoms with Crippen molar-refractivity contribution in [3.8, 4) is 11.5 Å². The van der Waals surface area contributed by atoms with E-state index in [1.807, 2.05) is 25.1 Å². The molecule has 0 radical (unpaired) electrons. The molecule has 3 heteroatoms. The first kappa shape index (κ1) is 9.90. The Labute approximate surface area is 89.3 Å². The van der Waals surface area contributed by atoms with Crippen LogP contribution in [0.1, 0.15) is 18.1 Å². The minimum absolute atomic E-state index is 0.595. The van der Waals surface area contributed by atoms with Crippen molar-refractivity contribution in [2.45, 2.75) is 13.5 Å². The standard InChI is InChI=1S/C12H14O3/c1-8-4-9-5-11(13-2)12(14-3)6-10(9)7-15-8/h4-6H,7H2,1-3H3. The summed E-state index contributed by atoms with van der Waals surface area (Å²) >= 11 is 0. The lowest BCUT2D eigenvalue weighted by molar-refractivity contribution is 0.198. The predicted molar refractivity (Wildman–Crippen MR) is 58.0 cm³/mol. The number of ether oxygens (including phenoxy) is 3. The quantitative estimate of drug-likeness (QED) is 0.744. The van der Waals surface area contributed by atoms with Crippen LogP contribution in [0.5, 0.6) is 11.5 Å². The molecule has 1 aliphatic rings. The Hall–Kier alpha value is -1.64. The maximum atomic E-state index is 5.44. The summed E-state index contributed by atoms with van der Waals surface area (Å²) in [6.07, 6.45) is 2.00. The molecule has 0 saturated heterocycles. The van der Waals surface area contributed by atoms with Crippen molar-refractivity contribution in [3.63, 3.8) is 0 Å². The van der Waals surface area contributed by atoms with Gasteiger partial charge in [0.1, 0.15) is 6.61 Å². The van der Waals surface area contributed by atoms with Crippen molar-refractivity contribution in [2.75, 3.05) is 14.2 Å². The molecule has 0 atom stereocenters. The molecule has 1 aliphatic heterocycles. The van der Waals surface area contributed by atoms with E-state index in [1.165, 1.54) is 0 Å². The van der Waals surface area contributed by atoms with Gasteiger partial charge in [0, 0.05) is 5.56 Å². The van der Waals surface area contributed by atoms with Crippen LogP contribution in [-0.2, 0) is 11.3 Å². The van der Waals surface area contributed by atoms with Crippen molar-refractivity contribution in [3.05, 3.63) is 29.0 Å². The third kappa shape index (κ3) is 1.77. The molecule has 0 fully saturated rings. The Bertz CT molecular complexity index is 408. The number of rotatable bonds is 2. The number of fused-ring (bicyclic) bond motifs is 1. The molecule has 80 valence electrons. The highest BCUT2D eigenvalue weighted by atomic mass is 16.5. The first-order valence-corrected chi connectivity index (χ1v) is 4.80. The van der Waals surface area contributed by atoms with Crippen LogP contribution >= 0.6 is 0 Å². The SMILES string of the molecule is COc1cc2c(cc1OC)COC(C)=C2. The van der Waals surface area contributed by atoms with Gasteiger partial charge >= 0.3 is 0 Å². The molecule has 0 aromatic heterocycles. The van der Waals surface area contributed by atoms with Gasteiger partial charge in [-0.3, -0.25) is 0 Å². The fraction of sp³-hybridized carbons (Fsp3) is 0.333. The molecule has 0 amide bonds. The van der Waals surface area contributed by atoms with Gasteiger partial charge in [0.15, 0.2) is 11.5 Å². The molecule has 0 unspecified atom stereocenters. The molecule has 1 aromatic carbocycles. The molecule has 0 aliphatic carbocycles. The lowest BCUT2D eigenvalue weighted by atomic mass is 10.0. The topological polar surface area (TPSA) is 27.7 Å². The summed E-state index contributed by atoms with van der Waals surface area (Å²) in [5.74, 6) is 2.42. The van der Waals surface area contributed by atoms with Crippen molar-refractivity contribution < 1.29 is 14.2 Å². The predicted octanol–water partition coefficient (Wildman–Crippen LogP) is 2.59. The van der Waals surface area contributed by atoms with Crippen LogP contribution < -0.4 is 9.47 Å². The number of hydrogen-bond donors (Lipinski definition) is 0. The third-order valence-electron chi connectivity index (χ3n) is 2.46. The van der Waals surface area contributed by atoms with Crippen LogP contribution in [0.3, 0.4) is 0 Å². The highest BCUT2D eigenvalue weighted by Gasteiger charge is 2.13. The van der Waals surface area contributed by atoms with Gasteiger partial charge in [-0.05, 0) is 30.7 Å². The van der Waals surface area contributed by atoms with E-state index in [1.54, 1.807) is 14.2 Å². The number of hydrogen-bond acceptors (Lipinski definition) is 3. The van der Waals surface area contributed by atoms with Crippen LogP contribution in [0.25, 0.3) is 6.08 Å². The van der Waals surface area contributed by atoms with E-state index in [4.69, 9.17) is 14.2 Å². The molecular weight excluding hydrogens is 192 g/mol. The minimum Gasteiger partial charge on any atom is -0.494 e. The number of benzene rings is 1. The molecule has 15 heavy (non-hydrogen) atoms. The Morgan fingerprint density at radius 3 is 2.47 bits per heavy atom. The van der Waals surface area contributed by atoms with E-state index < -0.39 is 0 Å². The highest BCUT2D eigenvalue weighted by Crippen LogP contribution is 2.33. The fourth-order valence-corrected chi connectivity index (χ4v) is 1.65. The van der Waals surface area contributed by atoms with Gasteiger partial charge in [-0.2, -0.15) is 0 Å². The molecule has 0 N–H and O–H groups in total. The Morgan fingerprint density at radius 2 is 1.80 bits per heavy atom. The molecule has 0 spiro atoms. The summed E-state index contributed by atoms with van der Waals surface area (Å²) < 4.78 is 15.9. The van der Waals surface area contributed by atoms with E-state index >= 15 is 0 Å². The van der Waals surface area contributed by atoms with E-state index in [9.17, 15) is 0 Å². The maximum Gasteiger partial charge on any atom is 0.161 e. The summed E-state index contributed by atoms with van der Waals surface area (Å²) in [6, 6.07) is 3.93. The van der Waals surface area contributed by atoms with Gasteiger partial charge in [-0.1, -0.05) is 0 Å². The number of methoxy groups -OCH3 is 2. The van der Waals surface area contributed by atoms with E-state index in [2.05, 4.69) is 0 Å². The third-order valence-corrected chi connectivity index (χ3v) is 2.46. The minimum atomic E-state index is 0.595. The Kier molecular flexibility index (Phi) is 2.54. The molecule has 0 bridgehead atoms. The molecule has 1 aromatic rings. The molecular formula is C12H14O3. The molecule has 0 saturated carbocycles. The van der Waals surface area contributed by atoms with Crippen LogP contribution in [0.4, 0.5) is 0 Å². The van der Waals surface area contributed by atoms with Crippen LogP contribution in [0, 0.1) is 0 Å². The Morgan fingerprint density at radius 1 is 1.13 bits per heavy atom. The van der Waals surface area contributed by atoms with Crippen molar-refractivity contribution >= 4 is 6.08 Å². The lowest BCUT2D eigenvalue weighted by Crippen LogP contribution is -2.02. The van der Waals surface area contributed by atoms with E-state index in [0.29, 0.717) is 6.61 Å². The Balaban J connectivity index is 2.51. The average molecular weight is 206 g/mol. The van der Waals surface area contributed by atoms with Gasteiger partial charge in [-0.15, -0.1) is 0 Å². The van der Waals surface area contributed by atoms with Gasteiger partial charge in [0.2, 0.25) is 0 Å². The summed E-state index contributed by atoms with van der Waals surface area (Å²) in [6.45, 7) is 2.54. The summed E-state index contributed by atoms with van der Waals surface area (Å²) in [4.78, 5) is 0. The molecule has 2 rings (SSSR count). The van der Waals surface area contributed by atoms with Crippen LogP contribution in [0.2, 0.25) is 0 Å². The molecule has 1 heterocycles. The lowest BCUT2D eigenvalue weighted by Gasteiger charge is -2.18. The second-order valence-corrected chi connectivity index (χ2v) is 3.45. The van der Waals surface area contributed by atoms with Gasteiger partial charge in [0.25, 0.3) is 0 Å². The second kappa shape index (κ2) is 3.85. The van der Waals surface area contributed by atoms with E-state index in [0.717, 1.165) is 28.4 Å². The van der Waals surface area contributed by atoms with Gasteiger partial charge in [0.05, 0.1) is 20.0 Å². The smallest absolute Gasteiger partial charge is 0.161 e. The van der Waals surface area contributed by atoms with E-state index in [-0.39, 0.29) is 0 Å². The summed E-state index contributed by atoms with van der Waals surface area (Å²) in [5.41, 5.74) is 2.26. The van der Waals surface area contributed by atoms with Crippen molar-refractivity contribution in [1.82, 2.24) is 0 Å². The van der Waals surface area contributed by atoms with Crippen LogP contribution in [-0.4, -0.2) is 14.2 Å². The summed E-state index contributed by atoms with van der Waals surface area (Å²) in [7, 11) is 3.27. The first-order chi connectivity index (χ1) is 7.24. The largest absolute Gasteiger partial charge is 0.494 e. The van der Waals surface area contributed by atoms with Gasteiger partial charge in [-0.25, -0.2) is 0 Å². The average Bonchev–Trinajstić information content (AvgIpc) is 2.27. The first-order valence-electron chi connectivity index (χ1n) is 4.80. The zero-order valence-corrected chi connectivity index (χ0v) is 9.16. The van der Waals surface area contributed by atoms with Crippen molar-refractivity contribution in [1.29, 1.82) is 0 Å². The second-order valence-electron chi connectivity index (χ2n) is 3.45. The summed E-state index contributed by atoms with van der Waals surface area (Å²) in [5, 5.41) is 0. The van der Waals surface area contributed by atoms with Gasteiger partial charge < -0.3 is 14.2 Å². The monoisotopic (exact) mass is 206 g/mol. The number of allylic oxidation sites excluding steroid dienone is 1.